The number of hydrogen-bond acceptors (Lipinski definition) is 7. The summed E-state index contributed by atoms with van der Waals surface area (Å²) in [5, 5.41) is 25.9. The number of amides is 2. The number of furan rings is 1. The SMILES string of the molecule is O=C(NCCO)N/N=C(/CCN1CCCCC1)c1ccc([N+](=O)[O-])o1.[Cl-]. The van der Waals surface area contributed by atoms with E-state index in [0.29, 0.717) is 12.1 Å². The molecule has 3 N–H and O–H groups in total. The zero-order valence-corrected chi connectivity index (χ0v) is 15.1. The van der Waals surface area contributed by atoms with Crippen molar-refractivity contribution < 1.29 is 31.6 Å². The first-order valence-electron chi connectivity index (χ1n) is 8.28. The van der Waals surface area contributed by atoms with Crippen molar-refractivity contribution in [2.45, 2.75) is 25.7 Å². The van der Waals surface area contributed by atoms with Crippen LogP contribution in [0.5, 0.6) is 0 Å². The maximum Gasteiger partial charge on any atom is 0.433 e. The van der Waals surface area contributed by atoms with Crippen molar-refractivity contribution in [3.05, 3.63) is 28.0 Å². The van der Waals surface area contributed by atoms with E-state index < -0.39 is 11.0 Å². The van der Waals surface area contributed by atoms with Crippen LogP contribution in [0.2, 0.25) is 0 Å². The molecule has 1 fully saturated rings. The Morgan fingerprint density at radius 3 is 2.69 bits per heavy atom. The highest BCUT2D eigenvalue weighted by atomic mass is 35.5. The molecule has 0 saturated carbocycles. The Hall–Kier alpha value is -2.17. The molecule has 1 aromatic rings. The van der Waals surface area contributed by atoms with Crippen molar-refractivity contribution in [3.63, 3.8) is 0 Å². The molecule has 0 atom stereocenters. The summed E-state index contributed by atoms with van der Waals surface area (Å²) in [4.78, 5) is 24.0. The maximum atomic E-state index is 11.6. The smallest absolute Gasteiger partial charge is 0.433 e. The number of nitro groups is 1. The van der Waals surface area contributed by atoms with E-state index in [0.717, 1.165) is 32.5 Å². The Morgan fingerprint density at radius 2 is 2.08 bits per heavy atom. The second-order valence-electron chi connectivity index (χ2n) is 5.70. The van der Waals surface area contributed by atoms with Crippen LogP contribution < -0.4 is 23.1 Å². The summed E-state index contributed by atoms with van der Waals surface area (Å²) < 4.78 is 5.20. The van der Waals surface area contributed by atoms with Gasteiger partial charge >= 0.3 is 11.9 Å². The number of nitrogens with zero attached hydrogens (tertiary/aromatic N) is 3. The van der Waals surface area contributed by atoms with E-state index in [1.807, 2.05) is 0 Å². The van der Waals surface area contributed by atoms with E-state index in [2.05, 4.69) is 20.7 Å². The van der Waals surface area contributed by atoms with Crippen LogP contribution in [0.25, 0.3) is 0 Å². The first-order valence-corrected chi connectivity index (χ1v) is 8.28. The van der Waals surface area contributed by atoms with Gasteiger partial charge in [-0.3, -0.25) is 10.1 Å². The Kier molecular flexibility index (Phi) is 9.63. The van der Waals surface area contributed by atoms with Gasteiger partial charge in [0.15, 0.2) is 5.76 Å². The minimum Gasteiger partial charge on any atom is -1.00 e. The van der Waals surface area contributed by atoms with Crippen LogP contribution in [0.1, 0.15) is 31.4 Å². The number of aliphatic hydroxyl groups is 1. The lowest BCUT2D eigenvalue weighted by molar-refractivity contribution is -0.402. The van der Waals surface area contributed by atoms with E-state index in [1.165, 1.54) is 18.6 Å². The minimum absolute atomic E-state index is 0. The van der Waals surface area contributed by atoms with Crippen LogP contribution in [-0.4, -0.2) is 59.5 Å². The Bertz CT molecular complexity index is 615. The highest BCUT2D eigenvalue weighted by molar-refractivity contribution is 5.99. The number of hydrazone groups is 1. The molecule has 0 unspecified atom stereocenters. The second kappa shape index (κ2) is 11.4. The van der Waals surface area contributed by atoms with Gasteiger partial charge in [0.1, 0.15) is 10.6 Å². The maximum absolute atomic E-state index is 11.6. The number of piperidine rings is 1. The average molecular weight is 389 g/mol. The van der Waals surface area contributed by atoms with Crippen molar-refractivity contribution >= 4 is 17.6 Å². The van der Waals surface area contributed by atoms with Crippen LogP contribution >= 0.6 is 0 Å². The summed E-state index contributed by atoms with van der Waals surface area (Å²) in [6.07, 6.45) is 4.03. The largest absolute Gasteiger partial charge is 1.00 e. The van der Waals surface area contributed by atoms with Crippen LogP contribution in [0.3, 0.4) is 0 Å². The van der Waals surface area contributed by atoms with Gasteiger partial charge in [0.05, 0.1) is 12.7 Å². The van der Waals surface area contributed by atoms with E-state index in [9.17, 15) is 14.9 Å². The zero-order chi connectivity index (χ0) is 18.1. The molecule has 1 aliphatic heterocycles. The fraction of sp³-hybridized carbons (Fsp3) is 0.600. The molecule has 0 aliphatic carbocycles. The molecule has 146 valence electrons. The second-order valence-corrected chi connectivity index (χ2v) is 5.70. The van der Waals surface area contributed by atoms with E-state index >= 15 is 0 Å². The van der Waals surface area contributed by atoms with Gasteiger partial charge in [-0.2, -0.15) is 5.10 Å². The number of hydrogen-bond donors (Lipinski definition) is 3. The van der Waals surface area contributed by atoms with Gasteiger partial charge in [0.25, 0.3) is 0 Å². The fourth-order valence-electron chi connectivity index (χ4n) is 2.59. The fourth-order valence-corrected chi connectivity index (χ4v) is 2.59. The minimum atomic E-state index is -0.618. The third-order valence-electron chi connectivity index (χ3n) is 3.86. The predicted molar refractivity (Wildman–Crippen MR) is 90.4 cm³/mol. The number of urea groups is 1. The van der Waals surface area contributed by atoms with E-state index in [4.69, 9.17) is 9.52 Å². The van der Waals surface area contributed by atoms with Gasteiger partial charge in [-0.15, -0.1) is 0 Å². The molecule has 2 heterocycles. The van der Waals surface area contributed by atoms with Gasteiger partial charge in [0.2, 0.25) is 0 Å². The molecule has 10 nitrogen and oxygen atoms in total. The van der Waals surface area contributed by atoms with Gasteiger partial charge in [0, 0.05) is 19.5 Å². The van der Waals surface area contributed by atoms with Crippen molar-refractivity contribution in [2.75, 3.05) is 32.8 Å². The van der Waals surface area contributed by atoms with Crippen molar-refractivity contribution in [2.24, 2.45) is 5.10 Å². The average Bonchev–Trinajstić information content (AvgIpc) is 3.11. The normalized spacial score (nSPS) is 15.2. The van der Waals surface area contributed by atoms with Gasteiger partial charge < -0.3 is 32.1 Å². The first-order chi connectivity index (χ1) is 12.1. The van der Waals surface area contributed by atoms with Gasteiger partial charge in [-0.1, -0.05) is 6.42 Å². The number of carbonyl (C=O) groups excluding carboxylic acids is 1. The van der Waals surface area contributed by atoms with Gasteiger partial charge in [-0.25, -0.2) is 10.2 Å². The number of carbonyl (C=O) groups is 1. The Labute approximate surface area is 157 Å². The number of likely N-dealkylation sites (tertiary alicyclic amines) is 1. The van der Waals surface area contributed by atoms with Gasteiger partial charge in [-0.05, 0) is 32.0 Å². The molecule has 2 rings (SSSR count). The van der Waals surface area contributed by atoms with E-state index in [1.54, 1.807) is 0 Å². The third-order valence-corrected chi connectivity index (χ3v) is 3.86. The molecule has 1 aromatic heterocycles. The molecule has 1 saturated heterocycles. The van der Waals surface area contributed by atoms with Crippen molar-refractivity contribution in [1.82, 2.24) is 15.6 Å². The molecule has 26 heavy (non-hydrogen) atoms. The number of halogens is 1. The zero-order valence-electron chi connectivity index (χ0n) is 14.3. The Morgan fingerprint density at radius 1 is 1.35 bits per heavy atom. The topological polar surface area (TPSA) is 133 Å². The summed E-state index contributed by atoms with van der Waals surface area (Å²) in [6, 6.07) is 2.17. The lowest BCUT2D eigenvalue weighted by Crippen LogP contribution is -3.00. The Balaban J connectivity index is 0.00000338. The molecule has 1 aliphatic rings. The molecule has 2 amide bonds. The summed E-state index contributed by atoms with van der Waals surface area (Å²) in [5.41, 5.74) is 2.75. The summed E-state index contributed by atoms with van der Waals surface area (Å²) in [7, 11) is 0. The van der Waals surface area contributed by atoms with Crippen LogP contribution in [-0.2, 0) is 0 Å². The molecule has 0 radical (unpaired) electrons. The van der Waals surface area contributed by atoms with E-state index in [-0.39, 0.29) is 37.2 Å². The van der Waals surface area contributed by atoms with Crippen molar-refractivity contribution in [1.29, 1.82) is 0 Å². The standard InChI is InChI=1S/C15H23N5O5.ClH/c21-11-7-16-15(22)18-17-12(6-10-19-8-2-1-3-9-19)13-4-5-14(25-13)20(23)24;/h4-5,21H,1-3,6-11H2,(H2,16,18,22);1H/p-1/b17-12-;. The molecule has 0 aromatic carbocycles. The monoisotopic (exact) mass is 388 g/mol. The quantitative estimate of drug-likeness (QED) is 0.269. The van der Waals surface area contributed by atoms with Crippen LogP contribution in [0.15, 0.2) is 21.7 Å². The molecule has 0 bridgehead atoms. The summed E-state index contributed by atoms with van der Waals surface area (Å²) in [6.45, 7) is 2.68. The summed E-state index contributed by atoms with van der Waals surface area (Å²) >= 11 is 0. The van der Waals surface area contributed by atoms with Crippen LogP contribution in [0.4, 0.5) is 10.7 Å². The predicted octanol–water partition coefficient (Wildman–Crippen LogP) is -1.94. The highest BCUT2D eigenvalue weighted by Crippen LogP contribution is 2.18. The number of aliphatic hydroxyl groups excluding tert-OH is 1. The number of nitrogens with one attached hydrogen (secondary N) is 2. The molecule has 0 spiro atoms. The first kappa shape index (κ1) is 21.9. The lowest BCUT2D eigenvalue weighted by atomic mass is 10.1. The molecular weight excluding hydrogens is 366 g/mol. The van der Waals surface area contributed by atoms with Crippen LogP contribution in [0, 0.1) is 10.1 Å². The highest BCUT2D eigenvalue weighted by Gasteiger charge is 2.18. The molecule has 11 heteroatoms. The summed E-state index contributed by atoms with van der Waals surface area (Å²) in [5.74, 6) is -0.114. The number of rotatable bonds is 8. The molecular formula is C15H23ClN5O5-. The lowest BCUT2D eigenvalue weighted by Gasteiger charge is -2.26. The van der Waals surface area contributed by atoms with Crippen molar-refractivity contribution in [3.8, 4) is 0 Å². The third kappa shape index (κ3) is 6.98.